The first-order valence-electron chi connectivity index (χ1n) is 5.11. The van der Waals surface area contributed by atoms with Gasteiger partial charge in [-0.05, 0) is 32.4 Å². The van der Waals surface area contributed by atoms with Crippen molar-refractivity contribution in [1.82, 2.24) is 5.32 Å². The van der Waals surface area contributed by atoms with Gasteiger partial charge in [-0.2, -0.15) is 0 Å². The summed E-state index contributed by atoms with van der Waals surface area (Å²) in [7, 11) is 0. The molecule has 0 saturated heterocycles. The largest absolute Gasteiger partial charge is 0.324 e. The van der Waals surface area contributed by atoms with E-state index in [0.717, 1.165) is 19.5 Å². The van der Waals surface area contributed by atoms with Crippen molar-refractivity contribution in [3.8, 4) is 0 Å². The van der Waals surface area contributed by atoms with E-state index in [0.29, 0.717) is 0 Å². The SMILES string of the molecule is CC(C)(N)CNCCc1ccccc1. The Morgan fingerprint density at radius 3 is 2.43 bits per heavy atom. The molecule has 0 aliphatic rings. The molecule has 0 atom stereocenters. The van der Waals surface area contributed by atoms with E-state index in [-0.39, 0.29) is 5.54 Å². The van der Waals surface area contributed by atoms with Gasteiger partial charge in [0.25, 0.3) is 0 Å². The number of nitrogens with one attached hydrogen (secondary N) is 1. The highest BCUT2D eigenvalue weighted by Crippen LogP contribution is 1.98. The first-order chi connectivity index (χ1) is 6.58. The van der Waals surface area contributed by atoms with Gasteiger partial charge in [0, 0.05) is 12.1 Å². The number of rotatable bonds is 5. The van der Waals surface area contributed by atoms with Crippen LogP contribution < -0.4 is 11.1 Å². The first kappa shape index (κ1) is 11.2. The molecule has 1 aromatic rings. The van der Waals surface area contributed by atoms with Crippen LogP contribution in [0.25, 0.3) is 0 Å². The Hall–Kier alpha value is -0.860. The van der Waals surface area contributed by atoms with Crippen LogP contribution in [0.2, 0.25) is 0 Å². The zero-order chi connectivity index (χ0) is 10.4. The molecule has 0 heterocycles. The Kier molecular flexibility index (Phi) is 4.11. The van der Waals surface area contributed by atoms with Crippen LogP contribution >= 0.6 is 0 Å². The maximum atomic E-state index is 5.85. The van der Waals surface area contributed by atoms with Crippen LogP contribution in [0.1, 0.15) is 19.4 Å². The zero-order valence-corrected chi connectivity index (χ0v) is 9.09. The average Bonchev–Trinajstić information content (AvgIpc) is 2.13. The van der Waals surface area contributed by atoms with Crippen molar-refractivity contribution in [2.45, 2.75) is 25.8 Å². The van der Waals surface area contributed by atoms with Crippen LogP contribution in [-0.2, 0) is 6.42 Å². The molecule has 2 nitrogen and oxygen atoms in total. The van der Waals surface area contributed by atoms with Gasteiger partial charge >= 0.3 is 0 Å². The van der Waals surface area contributed by atoms with Crippen molar-refractivity contribution in [2.24, 2.45) is 5.73 Å². The highest BCUT2D eigenvalue weighted by Gasteiger charge is 2.08. The fourth-order valence-electron chi connectivity index (χ4n) is 1.29. The Morgan fingerprint density at radius 1 is 1.21 bits per heavy atom. The Labute approximate surface area is 86.5 Å². The summed E-state index contributed by atoms with van der Waals surface area (Å²) in [5.41, 5.74) is 7.11. The minimum absolute atomic E-state index is 0.114. The molecule has 0 amide bonds. The van der Waals surface area contributed by atoms with Gasteiger partial charge in [-0.3, -0.25) is 0 Å². The monoisotopic (exact) mass is 192 g/mol. The Morgan fingerprint density at radius 2 is 1.86 bits per heavy atom. The topological polar surface area (TPSA) is 38.0 Å². The van der Waals surface area contributed by atoms with Crippen LogP contribution in [0.15, 0.2) is 30.3 Å². The van der Waals surface area contributed by atoms with Gasteiger partial charge in [-0.1, -0.05) is 30.3 Å². The van der Waals surface area contributed by atoms with E-state index >= 15 is 0 Å². The highest BCUT2D eigenvalue weighted by molar-refractivity contribution is 5.14. The molecular weight excluding hydrogens is 172 g/mol. The lowest BCUT2D eigenvalue weighted by atomic mass is 10.1. The molecule has 14 heavy (non-hydrogen) atoms. The molecule has 0 saturated carbocycles. The summed E-state index contributed by atoms with van der Waals surface area (Å²) in [6, 6.07) is 10.5. The lowest BCUT2D eigenvalue weighted by molar-refractivity contribution is 0.469. The smallest absolute Gasteiger partial charge is 0.0223 e. The third-order valence-corrected chi connectivity index (χ3v) is 2.01. The molecule has 1 aromatic carbocycles. The van der Waals surface area contributed by atoms with Gasteiger partial charge in [0.2, 0.25) is 0 Å². The molecule has 0 unspecified atom stereocenters. The van der Waals surface area contributed by atoms with Crippen molar-refractivity contribution in [3.05, 3.63) is 35.9 Å². The van der Waals surface area contributed by atoms with Crippen LogP contribution in [0, 0.1) is 0 Å². The molecule has 1 rings (SSSR count). The third-order valence-electron chi connectivity index (χ3n) is 2.01. The van der Waals surface area contributed by atoms with E-state index in [1.165, 1.54) is 5.56 Å². The number of nitrogens with two attached hydrogens (primary N) is 1. The molecule has 3 N–H and O–H groups in total. The molecule has 0 aromatic heterocycles. The van der Waals surface area contributed by atoms with Gasteiger partial charge in [0.15, 0.2) is 0 Å². The van der Waals surface area contributed by atoms with E-state index in [1.54, 1.807) is 0 Å². The maximum Gasteiger partial charge on any atom is 0.0223 e. The molecule has 0 aliphatic heterocycles. The average molecular weight is 192 g/mol. The predicted octanol–water partition coefficient (Wildman–Crippen LogP) is 1.56. The summed E-state index contributed by atoms with van der Waals surface area (Å²) in [5.74, 6) is 0. The second-order valence-electron chi connectivity index (χ2n) is 4.40. The molecule has 2 heteroatoms. The lowest BCUT2D eigenvalue weighted by Crippen LogP contribution is -2.43. The second kappa shape index (κ2) is 5.13. The molecule has 0 aliphatic carbocycles. The first-order valence-corrected chi connectivity index (χ1v) is 5.11. The van der Waals surface area contributed by atoms with E-state index in [9.17, 15) is 0 Å². The maximum absolute atomic E-state index is 5.85. The second-order valence-corrected chi connectivity index (χ2v) is 4.40. The van der Waals surface area contributed by atoms with Crippen LogP contribution in [0.5, 0.6) is 0 Å². The molecule has 0 bridgehead atoms. The van der Waals surface area contributed by atoms with Crippen molar-refractivity contribution >= 4 is 0 Å². The normalized spacial score (nSPS) is 11.6. The van der Waals surface area contributed by atoms with Gasteiger partial charge in [-0.15, -0.1) is 0 Å². The summed E-state index contributed by atoms with van der Waals surface area (Å²) in [5, 5.41) is 3.35. The number of hydrogen-bond donors (Lipinski definition) is 2. The number of benzene rings is 1. The zero-order valence-electron chi connectivity index (χ0n) is 9.09. The van der Waals surface area contributed by atoms with E-state index in [2.05, 4.69) is 29.6 Å². The highest BCUT2D eigenvalue weighted by atomic mass is 14.9. The lowest BCUT2D eigenvalue weighted by Gasteiger charge is -2.18. The molecule has 0 fully saturated rings. The molecule has 0 spiro atoms. The summed E-state index contributed by atoms with van der Waals surface area (Å²) in [6.45, 7) is 5.91. The molecule has 0 radical (unpaired) electrons. The van der Waals surface area contributed by atoms with Crippen molar-refractivity contribution in [3.63, 3.8) is 0 Å². The van der Waals surface area contributed by atoms with Crippen molar-refractivity contribution < 1.29 is 0 Å². The van der Waals surface area contributed by atoms with Crippen LogP contribution in [0.4, 0.5) is 0 Å². The van der Waals surface area contributed by atoms with E-state index in [1.807, 2.05) is 19.9 Å². The summed E-state index contributed by atoms with van der Waals surface area (Å²) in [4.78, 5) is 0. The minimum Gasteiger partial charge on any atom is -0.324 e. The van der Waals surface area contributed by atoms with Crippen molar-refractivity contribution in [1.29, 1.82) is 0 Å². The van der Waals surface area contributed by atoms with E-state index < -0.39 is 0 Å². The Balaban J connectivity index is 2.17. The van der Waals surface area contributed by atoms with Crippen LogP contribution in [0.3, 0.4) is 0 Å². The summed E-state index contributed by atoms with van der Waals surface area (Å²) < 4.78 is 0. The van der Waals surface area contributed by atoms with Crippen molar-refractivity contribution in [2.75, 3.05) is 13.1 Å². The van der Waals surface area contributed by atoms with E-state index in [4.69, 9.17) is 5.73 Å². The summed E-state index contributed by atoms with van der Waals surface area (Å²) in [6.07, 6.45) is 1.07. The standard InChI is InChI=1S/C12H20N2/c1-12(2,13)10-14-9-8-11-6-4-3-5-7-11/h3-7,14H,8-10,13H2,1-2H3. The van der Waals surface area contributed by atoms with Crippen LogP contribution in [-0.4, -0.2) is 18.6 Å². The van der Waals surface area contributed by atoms with Gasteiger partial charge in [0.1, 0.15) is 0 Å². The fourth-order valence-corrected chi connectivity index (χ4v) is 1.29. The summed E-state index contributed by atoms with van der Waals surface area (Å²) >= 11 is 0. The van der Waals surface area contributed by atoms with Gasteiger partial charge in [-0.25, -0.2) is 0 Å². The molecular formula is C12H20N2. The fraction of sp³-hybridized carbons (Fsp3) is 0.500. The number of hydrogen-bond acceptors (Lipinski definition) is 2. The quantitative estimate of drug-likeness (QED) is 0.695. The minimum atomic E-state index is -0.114. The van der Waals surface area contributed by atoms with Gasteiger partial charge < -0.3 is 11.1 Å². The third kappa shape index (κ3) is 5.00. The molecule has 78 valence electrons. The van der Waals surface area contributed by atoms with Gasteiger partial charge in [0.05, 0.1) is 0 Å². The predicted molar refractivity (Wildman–Crippen MR) is 61.3 cm³/mol. The Bertz CT molecular complexity index is 249.